The van der Waals surface area contributed by atoms with Gasteiger partial charge in [-0.1, -0.05) is 48.5 Å². The summed E-state index contributed by atoms with van der Waals surface area (Å²) < 4.78 is 8.54. The zero-order valence-electron chi connectivity index (χ0n) is 23.1. The Hall–Kier alpha value is -4.52. The fourth-order valence-electron chi connectivity index (χ4n) is 6.14. The highest BCUT2D eigenvalue weighted by Crippen LogP contribution is 2.42. The number of carbonyl (C=O) groups is 1. The van der Waals surface area contributed by atoms with Crippen LogP contribution >= 0.6 is 0 Å². The maximum absolute atomic E-state index is 13.0. The van der Waals surface area contributed by atoms with Crippen molar-refractivity contribution in [1.29, 1.82) is 0 Å². The number of benzene rings is 3. The number of ether oxygens (including phenoxy) is 1. The fraction of sp³-hybridized carbons (Fsp3) is 0.294. The minimum absolute atomic E-state index is 0.134. The van der Waals surface area contributed by atoms with Crippen molar-refractivity contribution in [2.24, 2.45) is 0 Å². The summed E-state index contributed by atoms with van der Waals surface area (Å²) in [5, 5.41) is 0. The van der Waals surface area contributed by atoms with E-state index in [-0.39, 0.29) is 11.4 Å². The largest absolute Gasteiger partial charge is 0.487 e. The van der Waals surface area contributed by atoms with Gasteiger partial charge in [-0.2, -0.15) is 0 Å². The number of fused-ring (bicyclic) bond motifs is 2. The molecule has 0 amide bonds. The number of para-hydroxylation sites is 1. The number of rotatable bonds is 8. The number of Topliss-reactive ketones (excluding diaryl/α,β-unsaturated/α-hetero) is 1. The number of aryl methyl sites for hydroxylation is 1. The van der Waals surface area contributed by atoms with Gasteiger partial charge < -0.3 is 14.2 Å². The maximum atomic E-state index is 13.0. The van der Waals surface area contributed by atoms with Crippen LogP contribution in [0, 0.1) is 0 Å². The standard InChI is InChI=1S/C34H33N5O2/c40-30(11-6-7-18-38-21-17-35-24-38)26-13-14-28-29(22-26)36-32(25-8-2-1-3-9-25)33(37-28)39-19-15-34(16-20-39)23-27-10-4-5-12-31(27)41-34/h1-5,8-10,12-14,17,21-22,24H,6-7,11,15-16,18-20,23H2. The van der Waals surface area contributed by atoms with Gasteiger partial charge in [-0.3, -0.25) is 4.79 Å². The molecule has 1 saturated heterocycles. The quantitative estimate of drug-likeness (QED) is 0.164. The molecule has 0 radical (unpaired) electrons. The number of hydrogen-bond acceptors (Lipinski definition) is 6. The minimum Gasteiger partial charge on any atom is -0.487 e. The third kappa shape index (κ3) is 5.20. The molecule has 0 bridgehead atoms. The van der Waals surface area contributed by atoms with Crippen LogP contribution in [0.1, 0.15) is 48.0 Å². The fourth-order valence-corrected chi connectivity index (χ4v) is 6.14. The molecule has 1 fully saturated rings. The molecule has 2 aliphatic rings. The molecule has 2 aliphatic heterocycles. The van der Waals surface area contributed by atoms with Crippen LogP contribution in [0.2, 0.25) is 0 Å². The van der Waals surface area contributed by atoms with Crippen molar-refractivity contribution in [3.05, 3.63) is 103 Å². The van der Waals surface area contributed by atoms with Crippen LogP contribution in [-0.4, -0.2) is 44.0 Å². The van der Waals surface area contributed by atoms with E-state index in [2.05, 4.69) is 40.2 Å². The highest BCUT2D eigenvalue weighted by Gasteiger charge is 2.42. The lowest BCUT2D eigenvalue weighted by atomic mass is 9.87. The van der Waals surface area contributed by atoms with E-state index in [1.807, 2.05) is 59.6 Å². The molecular formula is C34H33N5O2. The lowest BCUT2D eigenvalue weighted by molar-refractivity contribution is 0.0667. The Morgan fingerprint density at radius 2 is 1.73 bits per heavy atom. The summed E-state index contributed by atoms with van der Waals surface area (Å²) in [5.74, 6) is 2.07. The van der Waals surface area contributed by atoms with Crippen LogP contribution in [0.25, 0.3) is 22.3 Å². The Balaban J connectivity index is 1.12. The summed E-state index contributed by atoms with van der Waals surface area (Å²) in [4.78, 5) is 29.7. The molecule has 41 heavy (non-hydrogen) atoms. The van der Waals surface area contributed by atoms with Crippen molar-refractivity contribution < 1.29 is 9.53 Å². The number of imidazole rings is 1. The van der Waals surface area contributed by atoms with Crippen LogP contribution in [0.3, 0.4) is 0 Å². The summed E-state index contributed by atoms with van der Waals surface area (Å²) in [6, 6.07) is 24.4. The van der Waals surface area contributed by atoms with Gasteiger partial charge in [-0.15, -0.1) is 0 Å². The molecule has 1 spiro atoms. The monoisotopic (exact) mass is 543 g/mol. The summed E-state index contributed by atoms with van der Waals surface area (Å²) in [6.07, 6.45) is 10.7. The Morgan fingerprint density at radius 3 is 2.54 bits per heavy atom. The Bertz CT molecular complexity index is 1650. The first-order valence-corrected chi connectivity index (χ1v) is 14.5. The van der Waals surface area contributed by atoms with Crippen molar-refractivity contribution >= 4 is 22.6 Å². The van der Waals surface area contributed by atoms with Crippen molar-refractivity contribution in [2.45, 2.75) is 50.7 Å². The van der Waals surface area contributed by atoms with Crippen LogP contribution < -0.4 is 9.64 Å². The van der Waals surface area contributed by atoms with Gasteiger partial charge in [0.2, 0.25) is 0 Å². The van der Waals surface area contributed by atoms with E-state index in [1.165, 1.54) is 5.56 Å². The smallest absolute Gasteiger partial charge is 0.162 e. The average molecular weight is 544 g/mol. The summed E-state index contributed by atoms with van der Waals surface area (Å²) in [7, 11) is 0. The van der Waals surface area contributed by atoms with Crippen LogP contribution in [0.15, 0.2) is 91.5 Å². The summed E-state index contributed by atoms with van der Waals surface area (Å²) in [5.41, 5.74) is 5.30. The molecule has 4 heterocycles. The summed E-state index contributed by atoms with van der Waals surface area (Å²) >= 11 is 0. The average Bonchev–Trinajstić information content (AvgIpc) is 3.67. The first-order valence-electron chi connectivity index (χ1n) is 14.5. The predicted octanol–water partition coefficient (Wildman–Crippen LogP) is 6.52. The number of anilines is 1. The normalized spacial score (nSPS) is 15.7. The van der Waals surface area contributed by atoms with Gasteiger partial charge in [0.25, 0.3) is 0 Å². The molecule has 7 heteroatoms. The lowest BCUT2D eigenvalue weighted by Crippen LogP contribution is -2.47. The number of ketones is 1. The van der Waals surface area contributed by atoms with E-state index in [0.717, 1.165) is 85.6 Å². The van der Waals surface area contributed by atoms with Gasteiger partial charge in [0.15, 0.2) is 11.6 Å². The van der Waals surface area contributed by atoms with Crippen molar-refractivity contribution in [2.75, 3.05) is 18.0 Å². The van der Waals surface area contributed by atoms with E-state index in [9.17, 15) is 4.79 Å². The molecule has 0 aliphatic carbocycles. The number of unbranched alkanes of at least 4 members (excludes halogenated alkanes) is 1. The van der Waals surface area contributed by atoms with Crippen molar-refractivity contribution in [3.63, 3.8) is 0 Å². The molecule has 2 aromatic heterocycles. The molecule has 206 valence electrons. The second kappa shape index (κ2) is 10.8. The highest BCUT2D eigenvalue weighted by atomic mass is 16.5. The minimum atomic E-state index is -0.134. The van der Waals surface area contributed by atoms with Gasteiger partial charge in [0.1, 0.15) is 17.0 Å². The van der Waals surface area contributed by atoms with Crippen LogP contribution in [0.4, 0.5) is 5.82 Å². The van der Waals surface area contributed by atoms with E-state index in [1.54, 1.807) is 6.20 Å². The van der Waals surface area contributed by atoms with Crippen LogP contribution in [0.5, 0.6) is 5.75 Å². The van der Waals surface area contributed by atoms with Gasteiger partial charge in [0, 0.05) is 68.8 Å². The van der Waals surface area contributed by atoms with Crippen LogP contribution in [-0.2, 0) is 13.0 Å². The van der Waals surface area contributed by atoms with E-state index >= 15 is 0 Å². The van der Waals surface area contributed by atoms with E-state index in [4.69, 9.17) is 14.7 Å². The number of aromatic nitrogens is 4. The first-order chi connectivity index (χ1) is 20.2. The van der Waals surface area contributed by atoms with Gasteiger partial charge >= 0.3 is 0 Å². The third-order valence-corrected chi connectivity index (χ3v) is 8.43. The van der Waals surface area contributed by atoms with Gasteiger partial charge in [0.05, 0.1) is 17.4 Å². The van der Waals surface area contributed by atoms with E-state index in [0.29, 0.717) is 12.0 Å². The number of piperidine rings is 1. The number of carbonyl (C=O) groups excluding carboxylic acids is 1. The highest BCUT2D eigenvalue weighted by molar-refractivity contribution is 5.99. The maximum Gasteiger partial charge on any atom is 0.162 e. The number of hydrogen-bond donors (Lipinski definition) is 0. The number of nitrogens with zero attached hydrogens (tertiary/aromatic N) is 5. The molecule has 5 aromatic rings. The van der Waals surface area contributed by atoms with Gasteiger partial charge in [-0.05, 0) is 42.7 Å². The SMILES string of the molecule is O=C(CCCCn1ccnc1)c1ccc2nc(N3CCC4(CC3)Cc3ccccc3O4)c(-c3ccccc3)nc2c1. The second-order valence-corrected chi connectivity index (χ2v) is 11.2. The third-order valence-electron chi connectivity index (χ3n) is 8.43. The Morgan fingerprint density at radius 1 is 0.902 bits per heavy atom. The second-order valence-electron chi connectivity index (χ2n) is 11.2. The first kappa shape index (κ1) is 25.4. The molecule has 0 atom stereocenters. The van der Waals surface area contributed by atoms with Gasteiger partial charge in [-0.25, -0.2) is 15.0 Å². The van der Waals surface area contributed by atoms with Crippen molar-refractivity contribution in [3.8, 4) is 17.0 Å². The molecule has 7 nitrogen and oxygen atoms in total. The molecule has 3 aromatic carbocycles. The molecule has 0 N–H and O–H groups in total. The summed E-state index contributed by atoms with van der Waals surface area (Å²) in [6.45, 7) is 2.57. The lowest BCUT2D eigenvalue weighted by Gasteiger charge is -2.39. The topological polar surface area (TPSA) is 73.1 Å². The molecule has 0 unspecified atom stereocenters. The zero-order valence-corrected chi connectivity index (χ0v) is 23.1. The Kier molecular flexibility index (Phi) is 6.71. The molecule has 0 saturated carbocycles. The van der Waals surface area contributed by atoms with Crippen molar-refractivity contribution in [1.82, 2.24) is 19.5 Å². The Labute approximate surface area is 239 Å². The van der Waals surface area contributed by atoms with E-state index < -0.39 is 0 Å². The molecular weight excluding hydrogens is 510 g/mol. The zero-order chi connectivity index (χ0) is 27.6. The molecule has 7 rings (SSSR count). The predicted molar refractivity (Wildman–Crippen MR) is 160 cm³/mol.